The van der Waals surface area contributed by atoms with E-state index in [9.17, 15) is 9.59 Å². The highest BCUT2D eigenvalue weighted by Crippen LogP contribution is 2.21. The number of nitrogens with one attached hydrogen (secondary N) is 1. The molecule has 8 heteroatoms. The summed E-state index contributed by atoms with van der Waals surface area (Å²) in [6, 6.07) is 11.1. The van der Waals surface area contributed by atoms with Crippen LogP contribution in [-0.4, -0.2) is 27.0 Å². The summed E-state index contributed by atoms with van der Waals surface area (Å²) in [6.07, 6.45) is 5.35. The lowest BCUT2D eigenvalue weighted by Gasteiger charge is -2.05. The molecule has 0 fully saturated rings. The molecule has 0 atom stereocenters. The van der Waals surface area contributed by atoms with Crippen molar-refractivity contribution in [2.45, 2.75) is 25.8 Å². The maximum absolute atomic E-state index is 12.1. The Morgan fingerprint density at radius 1 is 1.17 bits per heavy atom. The van der Waals surface area contributed by atoms with E-state index in [2.05, 4.69) is 15.3 Å². The van der Waals surface area contributed by atoms with E-state index in [1.54, 1.807) is 29.8 Å². The molecule has 0 aliphatic rings. The van der Waals surface area contributed by atoms with Gasteiger partial charge in [0.05, 0.1) is 16.2 Å². The molecule has 0 bridgehead atoms. The average molecular weight is 408 g/mol. The summed E-state index contributed by atoms with van der Waals surface area (Å²) in [4.78, 5) is 32.7. The third-order valence-corrected chi connectivity index (χ3v) is 5.46. The number of benzene rings is 1. The number of carbonyl (C=O) groups excluding carboxylic acids is 1. The van der Waals surface area contributed by atoms with Crippen LogP contribution >= 0.6 is 11.3 Å². The maximum Gasteiger partial charge on any atom is 0.419 e. The number of pyridine rings is 1. The first kappa shape index (κ1) is 19.1. The minimum atomic E-state index is -0.437. The summed E-state index contributed by atoms with van der Waals surface area (Å²) < 4.78 is 6.67. The van der Waals surface area contributed by atoms with Gasteiger partial charge in [0.1, 0.15) is 0 Å². The van der Waals surface area contributed by atoms with Crippen molar-refractivity contribution in [1.29, 1.82) is 0 Å². The van der Waals surface area contributed by atoms with Gasteiger partial charge in [-0.3, -0.25) is 14.3 Å². The van der Waals surface area contributed by atoms with E-state index in [0.717, 1.165) is 29.1 Å². The lowest BCUT2D eigenvalue weighted by atomic mass is 10.2. The molecule has 1 aromatic carbocycles. The zero-order valence-corrected chi connectivity index (χ0v) is 16.5. The number of hydrogen-bond donors (Lipinski definition) is 1. The van der Waals surface area contributed by atoms with Crippen LogP contribution in [0.1, 0.15) is 17.8 Å². The van der Waals surface area contributed by atoms with Gasteiger partial charge in [0.15, 0.2) is 5.58 Å². The molecule has 0 spiro atoms. The summed E-state index contributed by atoms with van der Waals surface area (Å²) in [5.74, 6) is -0.522. The number of oxazole rings is 1. The number of nitrogens with zero attached hydrogens (tertiary/aromatic N) is 3. The van der Waals surface area contributed by atoms with Crippen LogP contribution in [0.25, 0.3) is 22.4 Å². The van der Waals surface area contributed by atoms with Gasteiger partial charge in [-0.25, -0.2) is 9.78 Å². The molecule has 0 aliphatic carbocycles. The number of rotatable bonds is 8. The van der Waals surface area contributed by atoms with Crippen molar-refractivity contribution in [1.82, 2.24) is 19.9 Å². The maximum atomic E-state index is 12.1. The summed E-state index contributed by atoms with van der Waals surface area (Å²) in [5.41, 5.74) is 3.25. The average Bonchev–Trinajstić information content (AvgIpc) is 3.34. The summed E-state index contributed by atoms with van der Waals surface area (Å²) in [6.45, 7) is 0.869. The number of amides is 1. The topological polar surface area (TPSA) is 90.0 Å². The van der Waals surface area contributed by atoms with Crippen LogP contribution in [0.5, 0.6) is 0 Å². The van der Waals surface area contributed by atoms with Gasteiger partial charge in [0.25, 0.3) is 0 Å². The summed E-state index contributed by atoms with van der Waals surface area (Å²) in [7, 11) is 0. The molecule has 0 unspecified atom stereocenters. The molecule has 0 saturated heterocycles. The highest BCUT2D eigenvalue weighted by atomic mass is 32.1. The Balaban J connectivity index is 1.22. The van der Waals surface area contributed by atoms with Crippen molar-refractivity contribution in [3.8, 4) is 11.3 Å². The van der Waals surface area contributed by atoms with Gasteiger partial charge in [-0.05, 0) is 30.7 Å². The van der Waals surface area contributed by atoms with E-state index >= 15 is 0 Å². The van der Waals surface area contributed by atoms with E-state index in [4.69, 9.17) is 4.42 Å². The van der Waals surface area contributed by atoms with Crippen LogP contribution < -0.4 is 11.1 Å². The quantitative estimate of drug-likeness (QED) is 0.452. The SMILES string of the molecule is O=C(CCn1c(=O)oc2ccccc21)NCCCc1nc(-c2ccncc2)cs1. The van der Waals surface area contributed by atoms with Gasteiger partial charge in [0.2, 0.25) is 5.91 Å². The minimum Gasteiger partial charge on any atom is -0.408 e. The molecule has 148 valence electrons. The predicted octanol–water partition coefficient (Wildman–Crippen LogP) is 3.25. The molecule has 0 saturated carbocycles. The van der Waals surface area contributed by atoms with E-state index in [0.29, 0.717) is 24.2 Å². The van der Waals surface area contributed by atoms with Crippen molar-refractivity contribution in [3.63, 3.8) is 0 Å². The van der Waals surface area contributed by atoms with Gasteiger partial charge in [-0.2, -0.15) is 0 Å². The second-order valence-electron chi connectivity index (χ2n) is 6.55. The van der Waals surface area contributed by atoms with E-state index in [1.807, 2.05) is 35.7 Å². The second kappa shape index (κ2) is 8.83. The summed E-state index contributed by atoms with van der Waals surface area (Å²) in [5, 5.41) is 5.99. The Labute approximate surface area is 171 Å². The third-order valence-electron chi connectivity index (χ3n) is 4.55. The number of thiazole rings is 1. The van der Waals surface area contributed by atoms with E-state index in [1.165, 1.54) is 4.57 Å². The molecule has 3 heterocycles. The zero-order chi connectivity index (χ0) is 20.1. The van der Waals surface area contributed by atoms with Crippen LogP contribution in [0.15, 0.2) is 63.4 Å². The molecule has 7 nitrogen and oxygen atoms in total. The molecular weight excluding hydrogens is 388 g/mol. The standard InChI is InChI=1S/C21H20N4O3S/c26-19(9-13-25-17-4-1-2-5-18(17)28-21(25)27)23-10-3-6-20-24-16(14-29-20)15-7-11-22-12-8-15/h1-2,4-5,7-8,11-12,14H,3,6,9-10,13H2,(H,23,26). The lowest BCUT2D eigenvalue weighted by Crippen LogP contribution is -2.27. The zero-order valence-electron chi connectivity index (χ0n) is 15.7. The van der Waals surface area contributed by atoms with Gasteiger partial charge in [-0.15, -0.1) is 11.3 Å². The molecule has 3 aromatic heterocycles. The number of aromatic nitrogens is 3. The molecule has 1 N–H and O–H groups in total. The fourth-order valence-corrected chi connectivity index (χ4v) is 3.93. The Morgan fingerprint density at radius 3 is 2.86 bits per heavy atom. The van der Waals surface area contributed by atoms with Crippen molar-refractivity contribution < 1.29 is 9.21 Å². The first-order valence-electron chi connectivity index (χ1n) is 9.40. The molecule has 29 heavy (non-hydrogen) atoms. The fourth-order valence-electron chi connectivity index (χ4n) is 3.08. The molecule has 4 aromatic rings. The number of hydrogen-bond acceptors (Lipinski definition) is 6. The molecule has 4 rings (SSSR count). The van der Waals surface area contributed by atoms with Crippen molar-refractivity contribution in [2.24, 2.45) is 0 Å². The molecule has 0 radical (unpaired) electrons. The van der Waals surface area contributed by atoms with Crippen molar-refractivity contribution in [3.05, 3.63) is 69.7 Å². The molecule has 0 aliphatic heterocycles. The van der Waals surface area contributed by atoms with Gasteiger partial charge in [-0.1, -0.05) is 12.1 Å². The minimum absolute atomic E-state index is 0.0844. The fraction of sp³-hybridized carbons (Fsp3) is 0.238. The number of aryl methyl sites for hydroxylation is 2. The number of carbonyl (C=O) groups is 1. The van der Waals surface area contributed by atoms with E-state index < -0.39 is 5.76 Å². The first-order chi connectivity index (χ1) is 14.2. The van der Waals surface area contributed by atoms with Crippen LogP contribution in [-0.2, 0) is 17.8 Å². The van der Waals surface area contributed by atoms with Crippen molar-refractivity contribution >= 4 is 28.3 Å². The Hall–Kier alpha value is -3.26. The van der Waals surface area contributed by atoms with Crippen LogP contribution in [0, 0.1) is 0 Å². The first-order valence-corrected chi connectivity index (χ1v) is 10.3. The predicted molar refractivity (Wildman–Crippen MR) is 112 cm³/mol. The Bertz CT molecular complexity index is 1160. The van der Waals surface area contributed by atoms with Gasteiger partial charge in [0, 0.05) is 49.3 Å². The van der Waals surface area contributed by atoms with Gasteiger partial charge >= 0.3 is 5.76 Å². The summed E-state index contributed by atoms with van der Waals surface area (Å²) >= 11 is 1.62. The highest BCUT2D eigenvalue weighted by Gasteiger charge is 2.10. The highest BCUT2D eigenvalue weighted by molar-refractivity contribution is 7.09. The largest absolute Gasteiger partial charge is 0.419 e. The Kier molecular flexibility index (Phi) is 5.81. The molecule has 1 amide bonds. The second-order valence-corrected chi connectivity index (χ2v) is 7.50. The van der Waals surface area contributed by atoms with Crippen LogP contribution in [0.2, 0.25) is 0 Å². The van der Waals surface area contributed by atoms with Gasteiger partial charge < -0.3 is 9.73 Å². The number of para-hydroxylation sites is 2. The third kappa shape index (κ3) is 4.60. The number of fused-ring (bicyclic) bond motifs is 1. The molecular formula is C21H20N4O3S. The monoisotopic (exact) mass is 408 g/mol. The normalized spacial score (nSPS) is 11.0. The Morgan fingerprint density at radius 2 is 2.00 bits per heavy atom. The van der Waals surface area contributed by atoms with Crippen molar-refractivity contribution in [2.75, 3.05) is 6.54 Å². The van der Waals surface area contributed by atoms with E-state index in [-0.39, 0.29) is 12.3 Å². The lowest BCUT2D eigenvalue weighted by molar-refractivity contribution is -0.121. The smallest absolute Gasteiger partial charge is 0.408 e. The van der Waals surface area contributed by atoms with Crippen LogP contribution in [0.3, 0.4) is 0 Å². The van der Waals surface area contributed by atoms with Crippen LogP contribution in [0.4, 0.5) is 0 Å².